The molecule has 3 saturated carbocycles. The Kier molecular flexibility index (Phi) is 8.59. The second-order valence-corrected chi connectivity index (χ2v) is 10.9. The molecule has 0 aromatic rings. The molecule has 11 heteroatoms. The van der Waals surface area contributed by atoms with Crippen molar-refractivity contribution in [1.29, 1.82) is 0 Å². The van der Waals surface area contributed by atoms with Crippen LogP contribution in [0.5, 0.6) is 0 Å². The maximum atomic E-state index is 13.4. The van der Waals surface area contributed by atoms with E-state index in [0.29, 0.717) is 19.3 Å². The third-order valence-electron chi connectivity index (χ3n) is 8.23. The Hall–Kier alpha value is 0.560. The summed E-state index contributed by atoms with van der Waals surface area (Å²) in [5.41, 5.74) is -2.47. The Labute approximate surface area is 231 Å². The Morgan fingerprint density at radius 3 is 2.50 bits per heavy atom. The monoisotopic (exact) mass is 484 g/mol. The average molecular weight is 484 g/mol. The molecule has 164 valence electrons. The molecule has 6 atom stereocenters. The van der Waals surface area contributed by atoms with Crippen LogP contribution in [-0.4, -0.2) is 44.5 Å². The van der Waals surface area contributed by atoms with Gasteiger partial charge in [-0.2, -0.15) is 0 Å². The summed E-state index contributed by atoms with van der Waals surface area (Å²) in [6, 6.07) is 0. The summed E-state index contributed by atoms with van der Waals surface area (Å²) in [5, 5.41) is 11.3. The molecule has 4 rings (SSSR count). The number of phosphoric acid groups is 1. The van der Waals surface area contributed by atoms with Gasteiger partial charge < -0.3 is 14.9 Å². The van der Waals surface area contributed by atoms with Crippen molar-refractivity contribution in [3.63, 3.8) is 0 Å². The van der Waals surface area contributed by atoms with Gasteiger partial charge in [0.05, 0.1) is 0 Å². The van der Waals surface area contributed by atoms with E-state index in [9.17, 15) is 24.1 Å². The van der Waals surface area contributed by atoms with Crippen LogP contribution >= 0.6 is 7.82 Å². The van der Waals surface area contributed by atoms with Gasteiger partial charge >= 0.3 is 66.9 Å². The molecule has 0 amide bonds. The standard InChI is InChI=1S/C21H27O8P.2Na/c1-19-7-5-13(22)9-12(19)3-4-14-15-6-8-21(25,17(24)11-29-30(26,27)28)20(15,2)10-16(23)18(14)19;;/h5,7,9,14-15,18,25H,3-4,6,8,10-11H2,1-2H3,(H2,26,27,28);;/q;2*+1/t14-,15-,18+,19-,20-,21-;;/m0../s1. The minimum Gasteiger partial charge on any atom is -0.381 e. The first kappa shape index (κ1) is 28.8. The summed E-state index contributed by atoms with van der Waals surface area (Å²) in [4.78, 5) is 55.9. The quantitative estimate of drug-likeness (QED) is 0.271. The number of ketones is 3. The van der Waals surface area contributed by atoms with Crippen LogP contribution < -0.4 is 59.1 Å². The fourth-order valence-electron chi connectivity index (χ4n) is 6.75. The van der Waals surface area contributed by atoms with Gasteiger partial charge in [-0.05, 0) is 49.7 Å². The Morgan fingerprint density at radius 2 is 1.88 bits per heavy atom. The molecule has 3 N–H and O–H groups in total. The molecular formula is C21H27Na2O8P+2. The van der Waals surface area contributed by atoms with E-state index in [0.717, 1.165) is 5.57 Å². The van der Waals surface area contributed by atoms with Crippen molar-refractivity contribution in [3.05, 3.63) is 23.8 Å². The average Bonchev–Trinajstić information content (AvgIpc) is 2.91. The number of hydrogen-bond donors (Lipinski definition) is 3. The van der Waals surface area contributed by atoms with Gasteiger partial charge in [-0.3, -0.25) is 18.9 Å². The molecular weight excluding hydrogens is 457 g/mol. The van der Waals surface area contributed by atoms with Crippen LogP contribution in [0.2, 0.25) is 0 Å². The topological polar surface area (TPSA) is 138 Å². The molecule has 4 aliphatic rings. The van der Waals surface area contributed by atoms with Crippen molar-refractivity contribution in [1.82, 2.24) is 0 Å². The van der Waals surface area contributed by atoms with E-state index in [-0.39, 0.29) is 101 Å². The molecule has 0 aromatic carbocycles. The van der Waals surface area contributed by atoms with Gasteiger partial charge in [0.25, 0.3) is 0 Å². The predicted molar refractivity (Wildman–Crippen MR) is 105 cm³/mol. The fourth-order valence-corrected chi connectivity index (χ4v) is 7.04. The van der Waals surface area contributed by atoms with Gasteiger partial charge in [-0.1, -0.05) is 25.5 Å². The first-order valence-corrected chi connectivity index (χ1v) is 11.8. The van der Waals surface area contributed by atoms with Crippen molar-refractivity contribution < 1.29 is 97.5 Å². The van der Waals surface area contributed by atoms with Gasteiger partial charge in [-0.25, -0.2) is 4.57 Å². The smallest absolute Gasteiger partial charge is 0.381 e. The number of phosphoric ester groups is 1. The first-order chi connectivity index (χ1) is 13.8. The zero-order valence-electron chi connectivity index (χ0n) is 19.0. The molecule has 0 heterocycles. The first-order valence-electron chi connectivity index (χ1n) is 10.2. The molecule has 4 aliphatic carbocycles. The van der Waals surface area contributed by atoms with E-state index in [1.54, 1.807) is 13.0 Å². The van der Waals surface area contributed by atoms with E-state index in [1.807, 2.05) is 13.0 Å². The Morgan fingerprint density at radius 1 is 1.22 bits per heavy atom. The van der Waals surface area contributed by atoms with Crippen LogP contribution in [0.3, 0.4) is 0 Å². The van der Waals surface area contributed by atoms with Crippen molar-refractivity contribution in [2.45, 2.75) is 51.6 Å². The van der Waals surface area contributed by atoms with Crippen molar-refractivity contribution in [2.75, 3.05) is 6.61 Å². The maximum Gasteiger partial charge on any atom is 1.00 e. The van der Waals surface area contributed by atoms with Crippen LogP contribution in [0.15, 0.2) is 23.8 Å². The summed E-state index contributed by atoms with van der Waals surface area (Å²) in [6.07, 6.45) is 7.03. The molecule has 0 radical (unpaired) electrons. The molecule has 0 aromatic heterocycles. The molecule has 0 unspecified atom stereocenters. The number of aliphatic hydroxyl groups is 1. The Balaban J connectivity index is 0.00000181. The summed E-state index contributed by atoms with van der Waals surface area (Å²) < 4.78 is 15.3. The van der Waals surface area contributed by atoms with Gasteiger partial charge in [0.1, 0.15) is 18.0 Å². The predicted octanol–water partition coefficient (Wildman–Crippen LogP) is -4.11. The molecule has 8 nitrogen and oxygen atoms in total. The largest absolute Gasteiger partial charge is 1.00 e. The number of allylic oxidation sites excluding steroid dienone is 4. The van der Waals surface area contributed by atoms with Gasteiger partial charge in [0, 0.05) is 23.2 Å². The summed E-state index contributed by atoms with van der Waals surface area (Å²) in [7, 11) is -4.85. The molecule has 3 fully saturated rings. The van der Waals surface area contributed by atoms with Crippen LogP contribution in [0.4, 0.5) is 0 Å². The normalized spacial score (nSPS) is 40.3. The number of fused-ring (bicyclic) bond motifs is 5. The van der Waals surface area contributed by atoms with E-state index in [4.69, 9.17) is 9.79 Å². The molecule has 0 bridgehead atoms. The number of hydrogen-bond acceptors (Lipinski definition) is 6. The van der Waals surface area contributed by atoms with E-state index in [1.165, 1.54) is 6.08 Å². The zero-order valence-corrected chi connectivity index (χ0v) is 23.9. The maximum absolute atomic E-state index is 13.4. The van der Waals surface area contributed by atoms with Crippen LogP contribution in [0, 0.1) is 28.6 Å². The Bertz CT molecular complexity index is 942. The number of carbonyl (C=O) groups excluding carboxylic acids is 3. The van der Waals surface area contributed by atoms with Gasteiger partial charge in [0.15, 0.2) is 11.6 Å². The van der Waals surface area contributed by atoms with Crippen LogP contribution in [-0.2, 0) is 23.5 Å². The number of Topliss-reactive ketones (excluding diaryl/α,β-unsaturated/α-hetero) is 2. The van der Waals surface area contributed by atoms with Crippen LogP contribution in [0.25, 0.3) is 0 Å². The van der Waals surface area contributed by atoms with Crippen molar-refractivity contribution >= 4 is 25.2 Å². The number of rotatable bonds is 4. The summed E-state index contributed by atoms with van der Waals surface area (Å²) >= 11 is 0. The molecule has 32 heavy (non-hydrogen) atoms. The SMILES string of the molecule is C[C@]12C=CC(=O)C=C1CC[C@@H]1[C@@H]2C(=O)C[C@@]2(C)[C@H]1CC[C@]2(O)C(=O)COP(=O)(O)O.[Na+].[Na+]. The fraction of sp³-hybridized carbons (Fsp3) is 0.667. The zero-order chi connectivity index (χ0) is 22.1. The second-order valence-electron chi connectivity index (χ2n) is 9.62. The van der Waals surface area contributed by atoms with Crippen molar-refractivity contribution in [3.8, 4) is 0 Å². The van der Waals surface area contributed by atoms with Gasteiger partial charge in [-0.15, -0.1) is 0 Å². The van der Waals surface area contributed by atoms with Gasteiger partial charge in [0.2, 0.25) is 0 Å². The molecule has 0 saturated heterocycles. The number of carbonyl (C=O) groups is 3. The third kappa shape index (κ3) is 4.44. The molecule has 0 aliphatic heterocycles. The minimum atomic E-state index is -4.85. The summed E-state index contributed by atoms with van der Waals surface area (Å²) in [6.45, 7) is 2.82. The van der Waals surface area contributed by atoms with Crippen LogP contribution in [0.1, 0.15) is 46.0 Å². The van der Waals surface area contributed by atoms with E-state index in [2.05, 4.69) is 4.52 Å². The molecule has 0 spiro atoms. The minimum absolute atomic E-state index is 0. The van der Waals surface area contributed by atoms with E-state index < -0.39 is 36.6 Å². The second kappa shape index (κ2) is 9.55. The summed E-state index contributed by atoms with van der Waals surface area (Å²) in [5.74, 6) is -1.36. The third-order valence-corrected chi connectivity index (χ3v) is 8.70. The van der Waals surface area contributed by atoms with Crippen molar-refractivity contribution in [2.24, 2.45) is 28.6 Å². The van der Waals surface area contributed by atoms with E-state index >= 15 is 0 Å².